The van der Waals surface area contributed by atoms with Crippen LogP contribution in [0.5, 0.6) is 0 Å². The van der Waals surface area contributed by atoms with Crippen molar-refractivity contribution in [1.82, 2.24) is 5.48 Å². The molecule has 0 aliphatic carbocycles. The van der Waals surface area contributed by atoms with Crippen LogP contribution in [0.15, 0.2) is 29.2 Å². The van der Waals surface area contributed by atoms with Crippen LogP contribution in [-0.4, -0.2) is 26.2 Å². The minimum Gasteiger partial charge on any atom is -0.277 e. The molecule has 1 aromatic carbocycles. The van der Waals surface area contributed by atoms with Gasteiger partial charge in [0.2, 0.25) is 0 Å². The molecule has 0 heterocycles. The van der Waals surface area contributed by atoms with Gasteiger partial charge in [-0.2, -0.15) is 0 Å². The lowest BCUT2D eigenvalue weighted by molar-refractivity contribution is -0.133. The molecule has 0 atom stereocenters. The van der Waals surface area contributed by atoms with Crippen LogP contribution in [-0.2, 0) is 25.9 Å². The summed E-state index contributed by atoms with van der Waals surface area (Å²) < 4.78 is 23.4. The van der Waals surface area contributed by atoms with Gasteiger partial charge in [-0.05, 0) is 38.0 Å². The van der Waals surface area contributed by atoms with Crippen LogP contribution in [0.25, 0.3) is 0 Å². The highest BCUT2D eigenvalue weighted by Gasteiger charge is 2.42. The molecule has 20 heavy (non-hydrogen) atoms. The van der Waals surface area contributed by atoms with Gasteiger partial charge in [-0.15, -0.1) is 0 Å². The minimum absolute atomic E-state index is 0.133. The number of nitrogens with one attached hydrogen (secondary N) is 1. The molecule has 6 heteroatoms. The Morgan fingerprint density at radius 2 is 1.80 bits per heavy atom. The Morgan fingerprint density at radius 3 is 2.25 bits per heavy atom. The Kier molecular flexibility index (Phi) is 5.30. The molecule has 0 saturated carbocycles. The van der Waals surface area contributed by atoms with E-state index in [0.29, 0.717) is 0 Å². The van der Waals surface area contributed by atoms with Gasteiger partial charge in [0, 0.05) is 0 Å². The highest BCUT2D eigenvalue weighted by atomic mass is 32.2. The van der Waals surface area contributed by atoms with Gasteiger partial charge < -0.3 is 0 Å². The number of carbonyl (C=O) groups is 1. The lowest BCUT2D eigenvalue weighted by Crippen LogP contribution is -2.47. The summed E-state index contributed by atoms with van der Waals surface area (Å²) in [5.74, 6) is -0.697. The smallest absolute Gasteiger partial charge is 0.264 e. The van der Waals surface area contributed by atoms with Gasteiger partial charge in [-0.1, -0.05) is 25.5 Å². The molecule has 1 rings (SSSR count). The SMILES string of the molecule is CCCc1ccc(S(=O)(=O)C(C)(C)C(=O)NOC)cc1. The van der Waals surface area contributed by atoms with Gasteiger partial charge in [0.1, 0.15) is 0 Å². The third-order valence-corrected chi connectivity index (χ3v) is 5.61. The fourth-order valence-electron chi connectivity index (χ4n) is 1.76. The maximum absolute atomic E-state index is 12.5. The van der Waals surface area contributed by atoms with E-state index < -0.39 is 20.5 Å². The number of amides is 1. The molecular weight excluding hydrogens is 278 g/mol. The highest BCUT2D eigenvalue weighted by Crippen LogP contribution is 2.26. The lowest BCUT2D eigenvalue weighted by Gasteiger charge is -2.23. The second kappa shape index (κ2) is 6.37. The highest BCUT2D eigenvalue weighted by molar-refractivity contribution is 7.93. The van der Waals surface area contributed by atoms with Crippen molar-refractivity contribution in [3.63, 3.8) is 0 Å². The van der Waals surface area contributed by atoms with Gasteiger partial charge in [-0.25, -0.2) is 13.9 Å². The maximum Gasteiger partial charge on any atom is 0.264 e. The number of hydroxylamine groups is 1. The summed E-state index contributed by atoms with van der Waals surface area (Å²) in [4.78, 5) is 16.5. The fourth-order valence-corrected chi connectivity index (χ4v) is 3.13. The normalized spacial score (nSPS) is 12.2. The second-order valence-corrected chi connectivity index (χ2v) is 7.54. The number of carbonyl (C=O) groups excluding carboxylic acids is 1. The molecular formula is C14H21NO4S. The van der Waals surface area contributed by atoms with Crippen molar-refractivity contribution in [3.05, 3.63) is 29.8 Å². The quantitative estimate of drug-likeness (QED) is 0.814. The van der Waals surface area contributed by atoms with Crippen LogP contribution in [0.2, 0.25) is 0 Å². The molecule has 1 amide bonds. The van der Waals surface area contributed by atoms with Crippen molar-refractivity contribution in [3.8, 4) is 0 Å². The summed E-state index contributed by atoms with van der Waals surface area (Å²) in [5, 5.41) is 0. The third-order valence-electron chi connectivity index (χ3n) is 3.19. The van der Waals surface area contributed by atoms with Crippen molar-refractivity contribution >= 4 is 15.7 Å². The largest absolute Gasteiger partial charge is 0.277 e. The first-order valence-electron chi connectivity index (χ1n) is 6.44. The lowest BCUT2D eigenvalue weighted by atomic mass is 10.1. The molecule has 0 saturated heterocycles. The summed E-state index contributed by atoms with van der Waals surface area (Å²) in [5.41, 5.74) is 3.15. The monoisotopic (exact) mass is 299 g/mol. The average molecular weight is 299 g/mol. The molecule has 0 aromatic heterocycles. The summed E-state index contributed by atoms with van der Waals surface area (Å²) in [7, 11) is -2.52. The summed E-state index contributed by atoms with van der Waals surface area (Å²) in [6, 6.07) is 6.64. The summed E-state index contributed by atoms with van der Waals surface area (Å²) >= 11 is 0. The van der Waals surface area contributed by atoms with E-state index in [-0.39, 0.29) is 4.90 Å². The zero-order chi connectivity index (χ0) is 15.4. The van der Waals surface area contributed by atoms with E-state index in [9.17, 15) is 13.2 Å². The van der Waals surface area contributed by atoms with Crippen LogP contribution >= 0.6 is 0 Å². The number of hydrogen-bond acceptors (Lipinski definition) is 4. The van der Waals surface area contributed by atoms with Crippen molar-refractivity contribution in [2.24, 2.45) is 0 Å². The van der Waals surface area contributed by atoms with Crippen LogP contribution in [0.1, 0.15) is 32.8 Å². The number of aryl methyl sites for hydroxylation is 1. The third kappa shape index (κ3) is 3.19. The van der Waals surface area contributed by atoms with Crippen LogP contribution in [0, 0.1) is 0 Å². The van der Waals surface area contributed by atoms with E-state index in [1.165, 1.54) is 21.0 Å². The fraction of sp³-hybridized carbons (Fsp3) is 0.500. The molecule has 112 valence electrons. The number of benzene rings is 1. The van der Waals surface area contributed by atoms with Gasteiger partial charge in [-0.3, -0.25) is 9.63 Å². The Morgan fingerprint density at radius 1 is 1.25 bits per heavy atom. The molecule has 5 nitrogen and oxygen atoms in total. The van der Waals surface area contributed by atoms with Gasteiger partial charge in [0.05, 0.1) is 12.0 Å². The van der Waals surface area contributed by atoms with E-state index in [1.54, 1.807) is 24.3 Å². The zero-order valence-electron chi connectivity index (χ0n) is 12.3. The first-order chi connectivity index (χ1) is 9.27. The van der Waals surface area contributed by atoms with Crippen LogP contribution in [0.4, 0.5) is 0 Å². The van der Waals surface area contributed by atoms with Gasteiger partial charge in [0.25, 0.3) is 5.91 Å². The summed E-state index contributed by atoms with van der Waals surface area (Å²) in [6.07, 6.45) is 1.89. The topological polar surface area (TPSA) is 72.5 Å². The molecule has 1 N–H and O–H groups in total. The molecule has 1 aromatic rings. The predicted octanol–water partition coefficient (Wildman–Crippen LogP) is 1.87. The van der Waals surface area contributed by atoms with E-state index in [0.717, 1.165) is 18.4 Å². The molecule has 0 fully saturated rings. The molecule has 0 bridgehead atoms. The predicted molar refractivity (Wildman–Crippen MR) is 76.9 cm³/mol. The van der Waals surface area contributed by atoms with Crippen molar-refractivity contribution in [1.29, 1.82) is 0 Å². The molecule has 0 radical (unpaired) electrons. The number of sulfone groups is 1. The Hall–Kier alpha value is -1.40. The molecule has 0 spiro atoms. The Labute approximate surface area is 120 Å². The molecule has 0 aliphatic rings. The van der Waals surface area contributed by atoms with Crippen LogP contribution in [0.3, 0.4) is 0 Å². The van der Waals surface area contributed by atoms with Crippen molar-refractivity contribution in [2.45, 2.75) is 43.3 Å². The maximum atomic E-state index is 12.5. The molecule has 0 unspecified atom stereocenters. The van der Waals surface area contributed by atoms with E-state index in [4.69, 9.17) is 0 Å². The summed E-state index contributed by atoms with van der Waals surface area (Å²) in [6.45, 7) is 4.77. The molecule has 0 aliphatic heterocycles. The van der Waals surface area contributed by atoms with E-state index in [2.05, 4.69) is 17.2 Å². The first kappa shape index (κ1) is 16.7. The van der Waals surface area contributed by atoms with E-state index >= 15 is 0 Å². The van der Waals surface area contributed by atoms with Crippen LogP contribution < -0.4 is 5.48 Å². The van der Waals surface area contributed by atoms with E-state index in [1.807, 2.05) is 0 Å². The number of rotatable bonds is 6. The van der Waals surface area contributed by atoms with Gasteiger partial charge in [0.15, 0.2) is 14.6 Å². The van der Waals surface area contributed by atoms with Crippen molar-refractivity contribution in [2.75, 3.05) is 7.11 Å². The standard InChI is InChI=1S/C14H21NO4S/c1-5-6-11-7-9-12(10-8-11)20(17,18)14(2,3)13(16)15-19-4/h7-10H,5-6H2,1-4H3,(H,15,16). The Balaban J connectivity index is 3.12. The Bertz CT molecular complexity index is 561. The second-order valence-electron chi connectivity index (χ2n) is 5.04. The average Bonchev–Trinajstić information content (AvgIpc) is 2.39. The zero-order valence-corrected chi connectivity index (χ0v) is 13.1. The van der Waals surface area contributed by atoms with Gasteiger partial charge >= 0.3 is 0 Å². The number of hydrogen-bond donors (Lipinski definition) is 1. The first-order valence-corrected chi connectivity index (χ1v) is 7.92. The minimum atomic E-state index is -3.78. The van der Waals surface area contributed by atoms with Crippen molar-refractivity contribution < 1.29 is 18.0 Å².